The Balaban J connectivity index is 3.23. The second kappa shape index (κ2) is 3.40. The molecule has 0 aliphatic carbocycles. The maximum absolute atomic E-state index is 9.55. The first-order valence-corrected chi connectivity index (χ1v) is 4.49. The fourth-order valence-electron chi connectivity index (χ4n) is 1.16. The highest BCUT2D eigenvalue weighted by Crippen LogP contribution is 2.29. The van der Waals surface area contributed by atoms with Gasteiger partial charge >= 0.3 is 0 Å². The molecule has 2 heteroatoms. The summed E-state index contributed by atoms with van der Waals surface area (Å²) in [6.45, 7) is 6.04. The van der Waals surface area contributed by atoms with Gasteiger partial charge in [-0.3, -0.25) is 0 Å². The third kappa shape index (κ3) is 1.75. The SMILES string of the molecule is Cc1cc(O)c(C(C)C)cc1S. The molecule has 66 valence electrons. The Hall–Kier alpha value is -0.630. The van der Waals surface area contributed by atoms with Crippen molar-refractivity contribution in [2.24, 2.45) is 0 Å². The molecule has 0 aliphatic heterocycles. The molecule has 1 rings (SSSR count). The average Bonchev–Trinajstić information content (AvgIpc) is 1.96. The Kier molecular flexibility index (Phi) is 2.68. The van der Waals surface area contributed by atoms with Crippen LogP contribution in [-0.4, -0.2) is 5.11 Å². The van der Waals surface area contributed by atoms with E-state index in [1.165, 1.54) is 0 Å². The number of aryl methyl sites for hydroxylation is 1. The van der Waals surface area contributed by atoms with Crippen molar-refractivity contribution in [2.45, 2.75) is 31.6 Å². The number of phenolic OH excluding ortho intramolecular Hbond substituents is 1. The number of benzene rings is 1. The van der Waals surface area contributed by atoms with Crippen LogP contribution in [0.3, 0.4) is 0 Å². The lowest BCUT2D eigenvalue weighted by molar-refractivity contribution is 0.463. The van der Waals surface area contributed by atoms with Crippen molar-refractivity contribution in [3.63, 3.8) is 0 Å². The van der Waals surface area contributed by atoms with E-state index < -0.39 is 0 Å². The summed E-state index contributed by atoms with van der Waals surface area (Å²) in [5.74, 6) is 0.719. The molecule has 1 nitrogen and oxygen atoms in total. The molecule has 0 heterocycles. The smallest absolute Gasteiger partial charge is 0.119 e. The monoisotopic (exact) mass is 182 g/mol. The molecular formula is C10H14OS. The van der Waals surface area contributed by atoms with Gasteiger partial charge in [0.2, 0.25) is 0 Å². The van der Waals surface area contributed by atoms with Gasteiger partial charge in [-0.15, -0.1) is 12.6 Å². The number of rotatable bonds is 1. The average molecular weight is 182 g/mol. The Morgan fingerprint density at radius 2 is 1.92 bits per heavy atom. The summed E-state index contributed by atoms with van der Waals surface area (Å²) in [5, 5.41) is 9.55. The molecule has 0 saturated carbocycles. The van der Waals surface area contributed by atoms with Gasteiger partial charge in [0.1, 0.15) is 5.75 Å². The Morgan fingerprint density at radius 3 is 2.42 bits per heavy atom. The molecule has 1 aromatic rings. The van der Waals surface area contributed by atoms with Crippen molar-refractivity contribution in [3.05, 3.63) is 23.3 Å². The highest BCUT2D eigenvalue weighted by Gasteiger charge is 2.07. The third-order valence-electron chi connectivity index (χ3n) is 1.97. The summed E-state index contributed by atoms with van der Waals surface area (Å²) in [4.78, 5) is 0.941. The number of hydrogen-bond acceptors (Lipinski definition) is 2. The highest BCUT2D eigenvalue weighted by molar-refractivity contribution is 7.80. The minimum atomic E-state index is 0.344. The van der Waals surface area contributed by atoms with Gasteiger partial charge in [-0.25, -0.2) is 0 Å². The van der Waals surface area contributed by atoms with E-state index in [0.29, 0.717) is 11.7 Å². The van der Waals surface area contributed by atoms with Gasteiger partial charge in [-0.05, 0) is 36.1 Å². The Bertz CT molecular complexity index is 292. The van der Waals surface area contributed by atoms with Gasteiger partial charge in [0, 0.05) is 4.90 Å². The molecule has 0 unspecified atom stereocenters. The number of hydrogen-bond donors (Lipinski definition) is 2. The van der Waals surface area contributed by atoms with E-state index in [0.717, 1.165) is 16.0 Å². The fourth-order valence-corrected chi connectivity index (χ4v) is 1.36. The predicted molar refractivity (Wildman–Crippen MR) is 54.2 cm³/mol. The molecule has 0 amide bonds. The molecular weight excluding hydrogens is 168 g/mol. The van der Waals surface area contributed by atoms with E-state index in [1.54, 1.807) is 6.07 Å². The molecule has 1 aromatic carbocycles. The summed E-state index contributed by atoms with van der Waals surface area (Å²) in [7, 11) is 0. The zero-order valence-corrected chi connectivity index (χ0v) is 8.52. The first kappa shape index (κ1) is 9.46. The van der Waals surface area contributed by atoms with E-state index >= 15 is 0 Å². The number of thiol groups is 1. The van der Waals surface area contributed by atoms with E-state index in [4.69, 9.17) is 0 Å². The van der Waals surface area contributed by atoms with E-state index in [2.05, 4.69) is 26.5 Å². The quantitative estimate of drug-likeness (QED) is 0.639. The molecule has 0 radical (unpaired) electrons. The van der Waals surface area contributed by atoms with Crippen molar-refractivity contribution < 1.29 is 5.11 Å². The Labute approximate surface area is 78.8 Å². The van der Waals surface area contributed by atoms with Crippen LogP contribution in [0.2, 0.25) is 0 Å². The van der Waals surface area contributed by atoms with Crippen molar-refractivity contribution in [3.8, 4) is 5.75 Å². The van der Waals surface area contributed by atoms with Crippen molar-refractivity contribution >= 4 is 12.6 Å². The second-order valence-electron chi connectivity index (χ2n) is 3.35. The minimum Gasteiger partial charge on any atom is -0.508 e. The molecule has 0 bridgehead atoms. The zero-order chi connectivity index (χ0) is 9.30. The molecule has 0 aliphatic rings. The van der Waals surface area contributed by atoms with E-state index in [1.807, 2.05) is 13.0 Å². The lowest BCUT2D eigenvalue weighted by Gasteiger charge is -2.10. The van der Waals surface area contributed by atoms with Gasteiger partial charge in [-0.2, -0.15) is 0 Å². The minimum absolute atomic E-state index is 0.344. The second-order valence-corrected chi connectivity index (χ2v) is 3.83. The van der Waals surface area contributed by atoms with Crippen LogP contribution < -0.4 is 0 Å². The molecule has 12 heavy (non-hydrogen) atoms. The summed E-state index contributed by atoms with van der Waals surface area (Å²) < 4.78 is 0. The topological polar surface area (TPSA) is 20.2 Å². The lowest BCUT2D eigenvalue weighted by atomic mass is 10.0. The van der Waals surface area contributed by atoms with Crippen LogP contribution in [0.25, 0.3) is 0 Å². The summed E-state index contributed by atoms with van der Waals surface area (Å²) in [5.41, 5.74) is 1.98. The first-order valence-electron chi connectivity index (χ1n) is 4.05. The summed E-state index contributed by atoms with van der Waals surface area (Å²) in [6, 6.07) is 3.69. The molecule has 0 fully saturated rings. The summed E-state index contributed by atoms with van der Waals surface area (Å²) in [6.07, 6.45) is 0. The standard InChI is InChI=1S/C10H14OS/c1-6(2)8-5-10(12)7(3)4-9(8)11/h4-6,11-12H,1-3H3. The van der Waals surface area contributed by atoms with Crippen molar-refractivity contribution in [2.75, 3.05) is 0 Å². The summed E-state index contributed by atoms with van der Waals surface area (Å²) >= 11 is 4.30. The molecule has 0 saturated heterocycles. The predicted octanol–water partition coefficient (Wildman–Crippen LogP) is 3.11. The van der Waals surface area contributed by atoms with Gasteiger partial charge in [0.15, 0.2) is 0 Å². The van der Waals surface area contributed by atoms with Gasteiger partial charge in [-0.1, -0.05) is 13.8 Å². The first-order chi connectivity index (χ1) is 5.52. The lowest BCUT2D eigenvalue weighted by Crippen LogP contribution is -1.89. The number of aromatic hydroxyl groups is 1. The van der Waals surface area contributed by atoms with Crippen molar-refractivity contribution in [1.29, 1.82) is 0 Å². The van der Waals surface area contributed by atoms with E-state index in [-0.39, 0.29) is 0 Å². The normalized spacial score (nSPS) is 10.8. The van der Waals surface area contributed by atoms with Crippen LogP contribution >= 0.6 is 12.6 Å². The largest absolute Gasteiger partial charge is 0.508 e. The zero-order valence-electron chi connectivity index (χ0n) is 7.63. The van der Waals surface area contributed by atoms with Crippen LogP contribution in [0.15, 0.2) is 17.0 Å². The van der Waals surface area contributed by atoms with Crippen LogP contribution in [0.5, 0.6) is 5.75 Å². The number of phenols is 1. The maximum atomic E-state index is 9.55. The van der Waals surface area contributed by atoms with Crippen LogP contribution in [-0.2, 0) is 0 Å². The molecule has 0 aromatic heterocycles. The van der Waals surface area contributed by atoms with Gasteiger partial charge in [0.05, 0.1) is 0 Å². The van der Waals surface area contributed by atoms with Gasteiger partial charge in [0.25, 0.3) is 0 Å². The molecule has 1 N–H and O–H groups in total. The maximum Gasteiger partial charge on any atom is 0.119 e. The molecule has 0 atom stereocenters. The Morgan fingerprint density at radius 1 is 1.33 bits per heavy atom. The highest BCUT2D eigenvalue weighted by atomic mass is 32.1. The van der Waals surface area contributed by atoms with E-state index in [9.17, 15) is 5.11 Å². The fraction of sp³-hybridized carbons (Fsp3) is 0.400. The van der Waals surface area contributed by atoms with Crippen LogP contribution in [0.1, 0.15) is 30.9 Å². The van der Waals surface area contributed by atoms with Gasteiger partial charge < -0.3 is 5.11 Å². The van der Waals surface area contributed by atoms with Crippen LogP contribution in [0, 0.1) is 6.92 Å². The van der Waals surface area contributed by atoms with Crippen LogP contribution in [0.4, 0.5) is 0 Å². The van der Waals surface area contributed by atoms with Crippen molar-refractivity contribution in [1.82, 2.24) is 0 Å². The molecule has 0 spiro atoms. The third-order valence-corrected chi connectivity index (χ3v) is 2.45.